The summed E-state index contributed by atoms with van der Waals surface area (Å²) < 4.78 is 5.61. The zero-order chi connectivity index (χ0) is 13.1. The van der Waals surface area contributed by atoms with Crippen LogP contribution in [0.2, 0.25) is 5.02 Å². The lowest BCUT2D eigenvalue weighted by Gasteiger charge is -2.13. The van der Waals surface area contributed by atoms with E-state index in [1.165, 1.54) is 11.3 Å². The van der Waals surface area contributed by atoms with Crippen molar-refractivity contribution in [3.05, 3.63) is 51.2 Å². The number of rotatable bonds is 4. The Morgan fingerprint density at radius 2 is 2.17 bits per heavy atom. The Kier molecular flexibility index (Phi) is 4.04. The molecule has 18 heavy (non-hydrogen) atoms. The van der Waals surface area contributed by atoms with Gasteiger partial charge < -0.3 is 4.74 Å². The van der Waals surface area contributed by atoms with Gasteiger partial charge >= 0.3 is 0 Å². The number of benzene rings is 1. The zero-order valence-electron chi connectivity index (χ0n) is 10.1. The maximum atomic E-state index is 12.2. The lowest BCUT2D eigenvalue weighted by molar-refractivity contribution is 0.0822. The largest absolute Gasteiger partial charge is 0.482 e. The van der Waals surface area contributed by atoms with Gasteiger partial charge in [-0.15, -0.1) is 11.3 Å². The molecule has 0 aliphatic rings. The molecule has 4 heteroatoms. The van der Waals surface area contributed by atoms with Gasteiger partial charge in [-0.05, 0) is 49.1 Å². The van der Waals surface area contributed by atoms with Crippen LogP contribution in [0, 0.1) is 6.92 Å². The molecule has 94 valence electrons. The molecule has 0 N–H and O–H groups in total. The van der Waals surface area contributed by atoms with Crippen molar-refractivity contribution in [2.75, 3.05) is 0 Å². The van der Waals surface area contributed by atoms with Crippen LogP contribution in [0.25, 0.3) is 0 Å². The smallest absolute Gasteiger partial charge is 0.213 e. The number of carbonyl (C=O) groups excluding carboxylic acids is 1. The second-order valence-electron chi connectivity index (χ2n) is 4.01. The molecule has 0 bridgehead atoms. The summed E-state index contributed by atoms with van der Waals surface area (Å²) >= 11 is 7.31. The summed E-state index contributed by atoms with van der Waals surface area (Å²) in [5.74, 6) is 0.611. The van der Waals surface area contributed by atoms with Gasteiger partial charge in [0.05, 0.1) is 4.88 Å². The van der Waals surface area contributed by atoms with Gasteiger partial charge in [-0.2, -0.15) is 0 Å². The molecule has 2 rings (SSSR count). The van der Waals surface area contributed by atoms with Gasteiger partial charge in [0.2, 0.25) is 5.78 Å². The summed E-state index contributed by atoms with van der Waals surface area (Å²) in [7, 11) is 0. The predicted octanol–water partition coefficient (Wildman–Crippen LogP) is 4.36. The Morgan fingerprint density at radius 1 is 1.39 bits per heavy atom. The van der Waals surface area contributed by atoms with Gasteiger partial charge in [0, 0.05) is 5.02 Å². The Bertz CT molecular complexity index is 562. The standard InChI is InChI=1S/C14H13ClO2S/c1-9-6-7-18-14(9)13(16)10(2)17-12-5-3-4-11(15)8-12/h3-8,10H,1-2H3. The van der Waals surface area contributed by atoms with E-state index in [9.17, 15) is 4.79 Å². The lowest BCUT2D eigenvalue weighted by atomic mass is 10.1. The number of thiophene rings is 1. The molecule has 0 saturated heterocycles. The third-order valence-corrected chi connectivity index (χ3v) is 3.83. The van der Waals surface area contributed by atoms with Crippen molar-refractivity contribution in [3.63, 3.8) is 0 Å². The van der Waals surface area contributed by atoms with Crippen LogP contribution >= 0.6 is 22.9 Å². The molecule has 2 nitrogen and oxygen atoms in total. The molecule has 1 atom stereocenters. The van der Waals surface area contributed by atoms with Crippen LogP contribution in [0.4, 0.5) is 0 Å². The molecule has 1 aromatic heterocycles. The van der Waals surface area contributed by atoms with Crippen molar-refractivity contribution in [2.45, 2.75) is 20.0 Å². The summed E-state index contributed by atoms with van der Waals surface area (Å²) in [5.41, 5.74) is 0.992. The summed E-state index contributed by atoms with van der Waals surface area (Å²) in [6.45, 7) is 3.68. The third kappa shape index (κ3) is 2.92. The molecule has 1 heterocycles. The maximum absolute atomic E-state index is 12.2. The van der Waals surface area contributed by atoms with Crippen molar-refractivity contribution >= 4 is 28.7 Å². The van der Waals surface area contributed by atoms with Crippen molar-refractivity contribution in [2.24, 2.45) is 0 Å². The minimum absolute atomic E-state index is 0.00229. The van der Waals surface area contributed by atoms with Crippen LogP contribution in [0.15, 0.2) is 35.7 Å². The third-order valence-electron chi connectivity index (χ3n) is 2.56. The second kappa shape index (κ2) is 5.55. The number of Topliss-reactive ketones (excluding diaryl/α,β-unsaturated/α-hetero) is 1. The topological polar surface area (TPSA) is 26.3 Å². The summed E-state index contributed by atoms with van der Waals surface area (Å²) in [6.07, 6.45) is -0.513. The highest BCUT2D eigenvalue weighted by Crippen LogP contribution is 2.22. The van der Waals surface area contributed by atoms with E-state index in [0.717, 1.165) is 10.4 Å². The van der Waals surface area contributed by atoms with Gasteiger partial charge in [0.1, 0.15) is 5.75 Å². The highest BCUT2D eigenvalue weighted by atomic mass is 35.5. The second-order valence-corrected chi connectivity index (χ2v) is 5.37. The average Bonchev–Trinajstić information content (AvgIpc) is 2.74. The van der Waals surface area contributed by atoms with Crippen molar-refractivity contribution in [3.8, 4) is 5.75 Å². The molecule has 0 amide bonds. The normalized spacial score (nSPS) is 12.2. The highest BCUT2D eigenvalue weighted by Gasteiger charge is 2.19. The van der Waals surface area contributed by atoms with Gasteiger partial charge in [0.25, 0.3) is 0 Å². The van der Waals surface area contributed by atoms with Crippen LogP contribution < -0.4 is 4.74 Å². The summed E-state index contributed by atoms with van der Waals surface area (Å²) in [6, 6.07) is 8.99. The first kappa shape index (κ1) is 13.1. The minimum atomic E-state index is -0.513. The fourth-order valence-electron chi connectivity index (χ4n) is 1.61. The Morgan fingerprint density at radius 3 is 2.78 bits per heavy atom. The molecule has 0 saturated carbocycles. The first-order valence-electron chi connectivity index (χ1n) is 5.58. The first-order chi connectivity index (χ1) is 8.58. The molecule has 0 radical (unpaired) electrons. The fraction of sp³-hybridized carbons (Fsp3) is 0.214. The average molecular weight is 281 g/mol. The summed E-state index contributed by atoms with van der Waals surface area (Å²) in [5, 5.41) is 2.51. The number of halogens is 1. The predicted molar refractivity (Wildman–Crippen MR) is 74.9 cm³/mol. The van der Waals surface area contributed by atoms with Crippen molar-refractivity contribution in [1.29, 1.82) is 0 Å². The monoisotopic (exact) mass is 280 g/mol. The first-order valence-corrected chi connectivity index (χ1v) is 6.84. The van der Waals surface area contributed by atoms with Gasteiger partial charge in [0.15, 0.2) is 6.10 Å². The molecule has 0 fully saturated rings. The van der Waals surface area contributed by atoms with E-state index in [1.54, 1.807) is 31.2 Å². The fourth-order valence-corrected chi connectivity index (χ4v) is 2.73. The van der Waals surface area contributed by atoms with E-state index < -0.39 is 6.10 Å². The van der Waals surface area contributed by atoms with Crippen LogP contribution in [0.5, 0.6) is 5.75 Å². The molecule has 0 spiro atoms. The molecule has 2 aromatic rings. The Balaban J connectivity index is 2.11. The highest BCUT2D eigenvalue weighted by molar-refractivity contribution is 7.12. The van der Waals surface area contributed by atoms with E-state index in [-0.39, 0.29) is 5.78 Å². The Hall–Kier alpha value is -1.32. The van der Waals surface area contributed by atoms with E-state index >= 15 is 0 Å². The number of hydrogen-bond donors (Lipinski definition) is 0. The number of ketones is 1. The van der Waals surface area contributed by atoms with Gasteiger partial charge in [-0.3, -0.25) is 4.79 Å². The zero-order valence-corrected chi connectivity index (χ0v) is 11.7. The summed E-state index contributed by atoms with van der Waals surface area (Å²) in [4.78, 5) is 12.9. The number of aryl methyl sites for hydroxylation is 1. The van der Waals surface area contributed by atoms with Crippen LogP contribution in [0.3, 0.4) is 0 Å². The molecular formula is C14H13ClO2S. The van der Waals surface area contributed by atoms with Crippen molar-refractivity contribution < 1.29 is 9.53 Å². The number of hydrogen-bond acceptors (Lipinski definition) is 3. The van der Waals surface area contributed by atoms with Gasteiger partial charge in [-0.25, -0.2) is 0 Å². The lowest BCUT2D eigenvalue weighted by Crippen LogP contribution is -2.23. The van der Waals surface area contributed by atoms with Crippen LogP contribution in [0.1, 0.15) is 22.2 Å². The number of carbonyl (C=O) groups is 1. The number of ether oxygens (including phenoxy) is 1. The van der Waals surface area contributed by atoms with E-state index in [0.29, 0.717) is 10.8 Å². The molecular weight excluding hydrogens is 268 g/mol. The molecule has 0 aliphatic carbocycles. The Labute approximate surface area is 115 Å². The van der Waals surface area contributed by atoms with Crippen LogP contribution in [-0.2, 0) is 0 Å². The van der Waals surface area contributed by atoms with E-state index in [2.05, 4.69) is 0 Å². The molecule has 0 aliphatic heterocycles. The SMILES string of the molecule is Cc1ccsc1C(=O)C(C)Oc1cccc(Cl)c1. The molecule has 1 aromatic carbocycles. The van der Waals surface area contributed by atoms with Crippen molar-refractivity contribution in [1.82, 2.24) is 0 Å². The quantitative estimate of drug-likeness (QED) is 0.778. The molecule has 1 unspecified atom stereocenters. The maximum Gasteiger partial charge on any atom is 0.213 e. The van der Waals surface area contributed by atoms with E-state index in [1.807, 2.05) is 18.4 Å². The van der Waals surface area contributed by atoms with E-state index in [4.69, 9.17) is 16.3 Å². The van der Waals surface area contributed by atoms with Crippen LogP contribution in [-0.4, -0.2) is 11.9 Å². The van der Waals surface area contributed by atoms with Gasteiger partial charge in [-0.1, -0.05) is 17.7 Å². The minimum Gasteiger partial charge on any atom is -0.482 e.